The number of rotatable bonds is 10. The number of nitrogens with zero attached hydrogens (tertiary/aromatic N) is 4. The Morgan fingerprint density at radius 3 is 2.57 bits per heavy atom. The third kappa shape index (κ3) is 5.69. The summed E-state index contributed by atoms with van der Waals surface area (Å²) in [5, 5.41) is 3.93. The molecule has 8 nitrogen and oxygen atoms in total. The van der Waals surface area contributed by atoms with Crippen LogP contribution in [0.5, 0.6) is 0 Å². The van der Waals surface area contributed by atoms with Gasteiger partial charge in [-0.2, -0.15) is 0 Å². The van der Waals surface area contributed by atoms with Gasteiger partial charge in [-0.3, -0.25) is 14.5 Å². The number of carbonyl (C=O) groups excluding carboxylic acids is 2. The van der Waals surface area contributed by atoms with Gasteiger partial charge < -0.3 is 19.9 Å². The fourth-order valence-corrected chi connectivity index (χ4v) is 5.73. The molecule has 0 aliphatic carbocycles. The maximum atomic E-state index is 12.9. The van der Waals surface area contributed by atoms with Gasteiger partial charge in [-0.25, -0.2) is 4.98 Å². The topological polar surface area (TPSA) is 78.0 Å². The van der Waals surface area contributed by atoms with Crippen molar-refractivity contribution in [2.75, 3.05) is 71.0 Å². The molecule has 1 fully saturated rings. The number of methoxy groups -OCH3 is 1. The quantitative estimate of drug-likeness (QED) is 0.555. The van der Waals surface area contributed by atoms with Crippen LogP contribution in [0.1, 0.15) is 29.9 Å². The maximum Gasteiger partial charge on any atom is 0.264 e. The van der Waals surface area contributed by atoms with E-state index in [4.69, 9.17) is 9.72 Å². The molecule has 3 rings (SSSR count). The fraction of sp³-hybridized carbons (Fsp3) is 0.650. The average molecular weight is 454 g/mol. The van der Waals surface area contributed by atoms with Gasteiger partial charge >= 0.3 is 0 Å². The zero-order valence-electron chi connectivity index (χ0n) is 18.0. The lowest BCUT2D eigenvalue weighted by Gasteiger charge is -2.34. The van der Waals surface area contributed by atoms with Gasteiger partial charge in [0.15, 0.2) is 5.13 Å². The minimum atomic E-state index is 0.0273. The number of thiophene rings is 1. The zero-order valence-corrected chi connectivity index (χ0v) is 19.6. The largest absolute Gasteiger partial charge is 0.385 e. The standard InChI is InChI=1S/C20H31N5O3S2/c1-4-24(5-2)20-22-18-15(30-20)13-16(29-18)19(27)25-10-8-23(9-11-25)14-17(26)21-7-6-12-28-3/h13H,4-12,14H2,1-3H3,(H,21,26). The molecule has 0 radical (unpaired) electrons. The van der Waals surface area contributed by atoms with E-state index in [1.807, 2.05) is 11.0 Å². The van der Waals surface area contributed by atoms with Gasteiger partial charge in [0.2, 0.25) is 5.91 Å². The Morgan fingerprint density at radius 2 is 1.93 bits per heavy atom. The molecule has 0 unspecified atom stereocenters. The number of hydrogen-bond donors (Lipinski definition) is 1. The second-order valence-corrected chi connectivity index (χ2v) is 9.25. The van der Waals surface area contributed by atoms with Crippen molar-refractivity contribution in [2.45, 2.75) is 20.3 Å². The molecule has 0 saturated carbocycles. The number of thiazole rings is 1. The molecule has 0 spiro atoms. The first-order valence-corrected chi connectivity index (χ1v) is 12.1. The van der Waals surface area contributed by atoms with E-state index in [0.717, 1.165) is 39.0 Å². The molecule has 2 aromatic heterocycles. The van der Waals surface area contributed by atoms with Crippen LogP contribution in [0, 0.1) is 0 Å². The first kappa shape index (κ1) is 22.9. The molecule has 1 saturated heterocycles. The summed E-state index contributed by atoms with van der Waals surface area (Å²) in [6, 6.07) is 1.98. The van der Waals surface area contributed by atoms with Crippen molar-refractivity contribution in [3.05, 3.63) is 10.9 Å². The molecule has 166 valence electrons. The number of anilines is 1. The normalized spacial score (nSPS) is 15.0. The molecule has 1 aliphatic rings. The van der Waals surface area contributed by atoms with Crippen LogP contribution < -0.4 is 10.2 Å². The number of carbonyl (C=O) groups is 2. The van der Waals surface area contributed by atoms with Gasteiger partial charge in [0.1, 0.15) is 4.83 Å². The Kier molecular flexibility index (Phi) is 8.43. The van der Waals surface area contributed by atoms with Gasteiger partial charge in [-0.15, -0.1) is 11.3 Å². The SMILES string of the molecule is CCN(CC)c1nc2sc(C(=O)N3CCN(CC(=O)NCCCOC)CC3)cc2s1. The monoisotopic (exact) mass is 453 g/mol. The summed E-state index contributed by atoms with van der Waals surface area (Å²) in [7, 11) is 1.65. The number of fused-ring (bicyclic) bond motifs is 1. The molecule has 10 heteroatoms. The van der Waals surface area contributed by atoms with Crippen molar-refractivity contribution < 1.29 is 14.3 Å². The number of amides is 2. The van der Waals surface area contributed by atoms with Gasteiger partial charge in [0.25, 0.3) is 5.91 Å². The molecule has 1 aliphatic heterocycles. The Labute approximate surface area is 185 Å². The first-order valence-electron chi connectivity index (χ1n) is 10.5. The van der Waals surface area contributed by atoms with Crippen molar-refractivity contribution in [2.24, 2.45) is 0 Å². The van der Waals surface area contributed by atoms with Crippen molar-refractivity contribution >= 4 is 49.1 Å². The fourth-order valence-electron chi connectivity index (χ4n) is 3.43. The lowest BCUT2D eigenvalue weighted by atomic mass is 10.3. The third-order valence-corrected chi connectivity index (χ3v) is 7.41. The number of nitrogens with one attached hydrogen (secondary N) is 1. The van der Waals surface area contributed by atoms with Crippen molar-refractivity contribution in [3.8, 4) is 0 Å². The summed E-state index contributed by atoms with van der Waals surface area (Å²) in [5.41, 5.74) is 0. The van der Waals surface area contributed by atoms with Crippen LogP contribution in [0.2, 0.25) is 0 Å². The van der Waals surface area contributed by atoms with E-state index in [0.29, 0.717) is 45.9 Å². The average Bonchev–Trinajstić information content (AvgIpc) is 3.32. The zero-order chi connectivity index (χ0) is 21.5. The Bertz CT molecular complexity index is 809. The molecule has 0 aromatic carbocycles. The van der Waals surface area contributed by atoms with Gasteiger partial charge in [-0.1, -0.05) is 11.3 Å². The minimum absolute atomic E-state index is 0.0273. The van der Waals surface area contributed by atoms with Gasteiger partial charge in [0.05, 0.1) is 16.1 Å². The summed E-state index contributed by atoms with van der Waals surface area (Å²) >= 11 is 3.13. The minimum Gasteiger partial charge on any atom is -0.385 e. The van der Waals surface area contributed by atoms with E-state index < -0.39 is 0 Å². The highest BCUT2D eigenvalue weighted by molar-refractivity contribution is 7.29. The Morgan fingerprint density at radius 1 is 1.20 bits per heavy atom. The van der Waals surface area contributed by atoms with E-state index >= 15 is 0 Å². The highest BCUT2D eigenvalue weighted by atomic mass is 32.1. The van der Waals surface area contributed by atoms with Crippen LogP contribution >= 0.6 is 22.7 Å². The summed E-state index contributed by atoms with van der Waals surface area (Å²) in [6.07, 6.45) is 0.814. The van der Waals surface area contributed by atoms with Crippen molar-refractivity contribution in [1.29, 1.82) is 0 Å². The van der Waals surface area contributed by atoms with Crippen molar-refractivity contribution in [3.63, 3.8) is 0 Å². The summed E-state index contributed by atoms with van der Waals surface area (Å²) in [5.74, 6) is 0.0951. The molecule has 2 aromatic rings. The predicted octanol–water partition coefficient (Wildman–Crippen LogP) is 2.11. The number of piperazine rings is 1. The van der Waals surface area contributed by atoms with E-state index in [9.17, 15) is 9.59 Å². The third-order valence-electron chi connectivity index (χ3n) is 5.20. The van der Waals surface area contributed by atoms with Crippen LogP contribution in [-0.2, 0) is 9.53 Å². The molecule has 30 heavy (non-hydrogen) atoms. The summed E-state index contributed by atoms with van der Waals surface area (Å²) in [6.45, 7) is 10.5. The summed E-state index contributed by atoms with van der Waals surface area (Å²) < 4.78 is 6.06. The van der Waals surface area contributed by atoms with Crippen LogP contribution in [0.4, 0.5) is 5.13 Å². The molecule has 0 atom stereocenters. The lowest BCUT2D eigenvalue weighted by molar-refractivity contribution is -0.122. The molecule has 2 amide bonds. The molecule has 0 bridgehead atoms. The highest BCUT2D eigenvalue weighted by Gasteiger charge is 2.25. The van der Waals surface area contributed by atoms with Crippen LogP contribution in [0.15, 0.2) is 6.07 Å². The first-order chi connectivity index (χ1) is 14.5. The Balaban J connectivity index is 1.49. The van der Waals surface area contributed by atoms with Gasteiger partial charge in [-0.05, 0) is 26.3 Å². The van der Waals surface area contributed by atoms with Crippen LogP contribution in [-0.4, -0.2) is 92.7 Å². The predicted molar refractivity (Wildman–Crippen MR) is 123 cm³/mol. The number of ether oxygens (including phenoxy) is 1. The smallest absolute Gasteiger partial charge is 0.264 e. The van der Waals surface area contributed by atoms with Crippen LogP contribution in [0.3, 0.4) is 0 Å². The second-order valence-electron chi connectivity index (χ2n) is 7.21. The number of hydrogen-bond acceptors (Lipinski definition) is 8. The van der Waals surface area contributed by atoms with Crippen LogP contribution in [0.25, 0.3) is 9.53 Å². The lowest BCUT2D eigenvalue weighted by Crippen LogP contribution is -2.51. The second kappa shape index (κ2) is 11.0. The Hall–Kier alpha value is -1.75. The van der Waals surface area contributed by atoms with Gasteiger partial charge in [0, 0.05) is 59.5 Å². The molecular weight excluding hydrogens is 422 g/mol. The molecule has 3 heterocycles. The van der Waals surface area contributed by atoms with E-state index in [1.165, 1.54) is 11.3 Å². The highest BCUT2D eigenvalue weighted by Crippen LogP contribution is 2.35. The number of aromatic nitrogens is 1. The van der Waals surface area contributed by atoms with E-state index in [-0.39, 0.29) is 11.8 Å². The van der Waals surface area contributed by atoms with E-state index in [1.54, 1.807) is 18.4 Å². The summed E-state index contributed by atoms with van der Waals surface area (Å²) in [4.78, 5) is 37.6. The van der Waals surface area contributed by atoms with E-state index in [2.05, 4.69) is 29.0 Å². The van der Waals surface area contributed by atoms with Crippen molar-refractivity contribution in [1.82, 2.24) is 20.1 Å². The molecular formula is C20H31N5O3S2. The molecule has 1 N–H and O–H groups in total. The maximum absolute atomic E-state index is 12.9.